The average molecular weight is 451 g/mol. The van der Waals surface area contributed by atoms with Crippen LogP contribution in [0.3, 0.4) is 0 Å². The first-order valence-electron chi connectivity index (χ1n) is 11.6. The van der Waals surface area contributed by atoms with Gasteiger partial charge in [0.1, 0.15) is 23.9 Å². The fraction of sp³-hybridized carbons (Fsp3) is 0.760. The highest BCUT2D eigenvalue weighted by molar-refractivity contribution is 5.87. The van der Waals surface area contributed by atoms with Crippen molar-refractivity contribution in [2.45, 2.75) is 109 Å². The Hall–Kier alpha value is -1.70. The number of carbonyl (C=O) groups excluding carboxylic acids is 2. The van der Waals surface area contributed by atoms with Crippen LogP contribution < -0.4 is 0 Å². The quantitative estimate of drug-likeness (QED) is 0.248. The highest BCUT2D eigenvalue weighted by Gasteiger charge is 2.66. The van der Waals surface area contributed by atoms with Crippen LogP contribution in [0.4, 0.5) is 0 Å². The lowest BCUT2D eigenvalue weighted by Gasteiger charge is -2.39. The molecule has 2 heterocycles. The Morgan fingerprint density at radius 2 is 1.91 bits per heavy atom. The Kier molecular flexibility index (Phi) is 6.95. The second-order valence-corrected chi connectivity index (χ2v) is 10.2. The third kappa shape index (κ3) is 4.80. The molecule has 7 nitrogen and oxygen atoms in total. The summed E-state index contributed by atoms with van der Waals surface area (Å²) in [7, 11) is 0. The predicted molar refractivity (Wildman–Crippen MR) is 119 cm³/mol. The number of esters is 2. The molecule has 3 aliphatic rings. The zero-order chi connectivity index (χ0) is 24.0. The highest BCUT2D eigenvalue weighted by Crippen LogP contribution is 2.53. The fourth-order valence-corrected chi connectivity index (χ4v) is 4.36. The molecule has 1 saturated carbocycles. The number of ether oxygens (including phenoxy) is 4. The van der Waals surface area contributed by atoms with Crippen molar-refractivity contribution in [1.29, 1.82) is 0 Å². The Morgan fingerprint density at radius 1 is 1.28 bits per heavy atom. The number of carbonyl (C=O) groups is 2. The summed E-state index contributed by atoms with van der Waals surface area (Å²) in [4.78, 5) is 25.2. The lowest BCUT2D eigenvalue weighted by Crippen LogP contribution is -2.52. The van der Waals surface area contributed by atoms with Crippen LogP contribution in [0.15, 0.2) is 23.8 Å². The minimum absolute atomic E-state index is 0.0694. The first kappa shape index (κ1) is 24.9. The minimum atomic E-state index is -0.988. The van der Waals surface area contributed by atoms with Crippen molar-refractivity contribution in [2.24, 2.45) is 11.8 Å². The number of allylic oxidation sites excluding steroid dienone is 1. The molecule has 0 spiro atoms. The van der Waals surface area contributed by atoms with E-state index in [1.807, 2.05) is 27.7 Å². The largest absolute Gasteiger partial charge is 0.459 e. The van der Waals surface area contributed by atoms with E-state index < -0.39 is 35.8 Å². The Bertz CT molecular complexity index is 800. The smallest absolute Gasteiger partial charge is 0.333 e. The van der Waals surface area contributed by atoms with Crippen LogP contribution >= 0.6 is 0 Å². The van der Waals surface area contributed by atoms with E-state index in [2.05, 4.69) is 6.58 Å². The summed E-state index contributed by atoms with van der Waals surface area (Å²) < 4.78 is 23.2. The molecule has 2 aliphatic heterocycles. The number of aliphatic hydroxyl groups excluding tert-OH is 1. The van der Waals surface area contributed by atoms with E-state index in [1.54, 1.807) is 26.8 Å². The number of fused-ring (bicyclic) bond motifs is 1. The standard InChI is InChI=1S/C25H38O7/c1-9-13(3)22(27)29-17(12-18-24(6,7)31-18)15(5)16-11-19-25(8,32-19)21(26)20(16)30-23(28)14(4)10-2/h9,14,16-21,26H,5,10-12H2,1-4,6-8H3. The van der Waals surface area contributed by atoms with Crippen LogP contribution in [-0.4, -0.2) is 58.8 Å². The summed E-state index contributed by atoms with van der Waals surface area (Å²) in [6.07, 6.45) is 0.676. The molecular weight excluding hydrogens is 412 g/mol. The van der Waals surface area contributed by atoms with Crippen molar-refractivity contribution in [3.8, 4) is 0 Å². The molecule has 0 aromatic rings. The molecule has 7 heteroatoms. The summed E-state index contributed by atoms with van der Waals surface area (Å²) in [6.45, 7) is 17.3. The van der Waals surface area contributed by atoms with E-state index in [0.29, 0.717) is 30.4 Å². The molecule has 1 N–H and O–H groups in total. The van der Waals surface area contributed by atoms with Crippen molar-refractivity contribution >= 4 is 11.9 Å². The Balaban J connectivity index is 1.84. The van der Waals surface area contributed by atoms with E-state index in [4.69, 9.17) is 18.9 Å². The van der Waals surface area contributed by atoms with Gasteiger partial charge in [-0.3, -0.25) is 4.79 Å². The van der Waals surface area contributed by atoms with Gasteiger partial charge in [-0.05, 0) is 53.0 Å². The van der Waals surface area contributed by atoms with Crippen molar-refractivity contribution in [3.05, 3.63) is 23.8 Å². The maximum Gasteiger partial charge on any atom is 0.333 e. The van der Waals surface area contributed by atoms with Crippen LogP contribution in [0.25, 0.3) is 0 Å². The summed E-state index contributed by atoms with van der Waals surface area (Å²) in [5, 5.41) is 11.0. The molecule has 0 aromatic heterocycles. The highest BCUT2D eigenvalue weighted by atomic mass is 16.6. The molecule has 0 bridgehead atoms. The molecule has 2 saturated heterocycles. The van der Waals surface area contributed by atoms with Crippen LogP contribution in [0.2, 0.25) is 0 Å². The van der Waals surface area contributed by atoms with E-state index >= 15 is 0 Å². The van der Waals surface area contributed by atoms with Crippen LogP contribution in [0, 0.1) is 11.8 Å². The molecule has 1 aliphatic carbocycles. The summed E-state index contributed by atoms with van der Waals surface area (Å²) in [5.74, 6) is -1.46. The third-order valence-corrected chi connectivity index (χ3v) is 7.49. The van der Waals surface area contributed by atoms with E-state index in [-0.39, 0.29) is 29.7 Å². The maximum atomic E-state index is 12.6. The van der Waals surface area contributed by atoms with Crippen LogP contribution in [0.1, 0.15) is 67.7 Å². The number of hydrogen-bond donors (Lipinski definition) is 1. The molecule has 32 heavy (non-hydrogen) atoms. The van der Waals surface area contributed by atoms with Crippen molar-refractivity contribution in [1.82, 2.24) is 0 Å². The first-order chi connectivity index (χ1) is 14.9. The average Bonchev–Trinajstić information content (AvgIpc) is 3.60. The van der Waals surface area contributed by atoms with Crippen molar-refractivity contribution in [2.75, 3.05) is 0 Å². The maximum absolute atomic E-state index is 12.6. The second kappa shape index (κ2) is 8.92. The Morgan fingerprint density at radius 3 is 2.44 bits per heavy atom. The van der Waals surface area contributed by atoms with Crippen LogP contribution in [-0.2, 0) is 28.5 Å². The monoisotopic (exact) mass is 450 g/mol. The lowest BCUT2D eigenvalue weighted by atomic mass is 9.73. The van der Waals surface area contributed by atoms with Gasteiger partial charge in [-0.2, -0.15) is 0 Å². The van der Waals surface area contributed by atoms with Crippen LogP contribution in [0.5, 0.6) is 0 Å². The second-order valence-electron chi connectivity index (χ2n) is 10.2. The van der Waals surface area contributed by atoms with Gasteiger partial charge in [-0.25, -0.2) is 4.79 Å². The molecule has 0 radical (unpaired) electrons. The fourth-order valence-electron chi connectivity index (χ4n) is 4.36. The molecule has 0 aromatic carbocycles. The van der Waals surface area contributed by atoms with Gasteiger partial charge in [0.25, 0.3) is 0 Å². The molecule has 8 atom stereocenters. The number of hydrogen-bond acceptors (Lipinski definition) is 7. The first-order valence-corrected chi connectivity index (χ1v) is 11.6. The molecule has 3 rings (SSSR count). The summed E-state index contributed by atoms with van der Waals surface area (Å²) >= 11 is 0. The van der Waals surface area contributed by atoms with Gasteiger partial charge in [0.2, 0.25) is 0 Å². The molecule has 8 unspecified atom stereocenters. The molecule has 3 fully saturated rings. The minimum Gasteiger partial charge on any atom is -0.459 e. The summed E-state index contributed by atoms with van der Waals surface area (Å²) in [5.41, 5.74) is 0.104. The predicted octanol–water partition coefficient (Wildman–Crippen LogP) is 3.48. The number of aliphatic hydroxyl groups is 1. The van der Waals surface area contributed by atoms with Gasteiger partial charge in [0, 0.05) is 17.9 Å². The third-order valence-electron chi connectivity index (χ3n) is 7.49. The zero-order valence-electron chi connectivity index (χ0n) is 20.3. The van der Waals surface area contributed by atoms with Gasteiger partial charge in [0.05, 0.1) is 23.7 Å². The van der Waals surface area contributed by atoms with Gasteiger partial charge in [-0.1, -0.05) is 26.5 Å². The van der Waals surface area contributed by atoms with E-state index in [1.165, 1.54) is 0 Å². The number of rotatable bonds is 9. The Labute approximate surface area is 191 Å². The normalized spacial score (nSPS) is 37.0. The van der Waals surface area contributed by atoms with Gasteiger partial charge in [-0.15, -0.1) is 0 Å². The van der Waals surface area contributed by atoms with E-state index in [9.17, 15) is 14.7 Å². The molecule has 180 valence electrons. The lowest BCUT2D eigenvalue weighted by molar-refractivity contribution is -0.168. The molecular formula is C25H38O7. The molecule has 0 amide bonds. The SMILES string of the molecule is C=C(C(CC1OC1(C)C)OC(=O)C(C)=CC)C1CC2OC2(C)C(O)C1OC(=O)C(C)CC. The van der Waals surface area contributed by atoms with Gasteiger partial charge >= 0.3 is 11.9 Å². The van der Waals surface area contributed by atoms with Gasteiger partial charge in [0.15, 0.2) is 0 Å². The number of epoxide rings is 2. The van der Waals surface area contributed by atoms with Crippen molar-refractivity contribution in [3.63, 3.8) is 0 Å². The zero-order valence-corrected chi connectivity index (χ0v) is 20.3. The summed E-state index contributed by atoms with van der Waals surface area (Å²) in [6, 6.07) is 0. The van der Waals surface area contributed by atoms with Crippen molar-refractivity contribution < 1.29 is 33.6 Å². The van der Waals surface area contributed by atoms with E-state index in [0.717, 1.165) is 0 Å². The topological polar surface area (TPSA) is 97.9 Å². The van der Waals surface area contributed by atoms with Gasteiger partial charge < -0.3 is 24.1 Å².